The molecule has 24 heavy (non-hydrogen) atoms. The summed E-state index contributed by atoms with van der Waals surface area (Å²) in [4.78, 5) is 34.9. The molecule has 1 aromatic carbocycles. The van der Waals surface area contributed by atoms with Crippen molar-refractivity contribution in [3.05, 3.63) is 41.4 Å². The van der Waals surface area contributed by atoms with Crippen LogP contribution in [-0.2, 0) is 14.4 Å². The molecule has 0 spiro atoms. The van der Waals surface area contributed by atoms with Crippen molar-refractivity contribution in [1.29, 1.82) is 0 Å². The Bertz CT molecular complexity index is 662. The molecule has 2 atom stereocenters. The summed E-state index contributed by atoms with van der Waals surface area (Å²) >= 11 is 5.89. The fourth-order valence-corrected chi connectivity index (χ4v) is 2.53. The maximum absolute atomic E-state index is 12.1. The fraction of sp³-hybridized carbons (Fsp3) is 0.312. The average molecular weight is 353 g/mol. The predicted molar refractivity (Wildman–Crippen MR) is 86.2 cm³/mol. The van der Waals surface area contributed by atoms with Crippen LogP contribution in [0.15, 0.2) is 36.4 Å². The van der Waals surface area contributed by atoms with Crippen molar-refractivity contribution in [3.63, 3.8) is 0 Å². The summed E-state index contributed by atoms with van der Waals surface area (Å²) in [5.41, 5.74) is 4.44. The van der Waals surface area contributed by atoms with Crippen molar-refractivity contribution in [2.24, 2.45) is 11.8 Å². The van der Waals surface area contributed by atoms with Crippen LogP contribution in [0.4, 0.5) is 0 Å². The summed E-state index contributed by atoms with van der Waals surface area (Å²) in [6, 6.07) is 6.68. The smallest absolute Gasteiger partial charge is 0.307 e. The first-order chi connectivity index (χ1) is 11.5. The summed E-state index contributed by atoms with van der Waals surface area (Å²) in [7, 11) is 0. The molecule has 0 bridgehead atoms. The van der Waals surface area contributed by atoms with E-state index in [4.69, 9.17) is 21.4 Å². The van der Waals surface area contributed by atoms with Gasteiger partial charge in [0.15, 0.2) is 6.61 Å². The summed E-state index contributed by atoms with van der Waals surface area (Å²) in [6.45, 7) is -0.336. The summed E-state index contributed by atoms with van der Waals surface area (Å²) in [5.74, 6) is -3.33. The summed E-state index contributed by atoms with van der Waals surface area (Å²) < 4.78 is 5.24. The topological polar surface area (TPSA) is 105 Å². The maximum Gasteiger partial charge on any atom is 0.307 e. The Morgan fingerprint density at radius 2 is 1.79 bits per heavy atom. The maximum atomic E-state index is 12.1. The molecule has 2 rings (SSSR count). The van der Waals surface area contributed by atoms with E-state index in [1.807, 2.05) is 0 Å². The van der Waals surface area contributed by atoms with E-state index in [1.165, 1.54) is 0 Å². The number of hydrazine groups is 1. The number of halogens is 1. The van der Waals surface area contributed by atoms with Gasteiger partial charge in [0.05, 0.1) is 16.9 Å². The Hall–Kier alpha value is -2.54. The second kappa shape index (κ2) is 8.35. The molecular formula is C16H17ClN2O5. The van der Waals surface area contributed by atoms with Gasteiger partial charge in [0.1, 0.15) is 5.75 Å². The van der Waals surface area contributed by atoms with Crippen molar-refractivity contribution in [2.75, 3.05) is 6.61 Å². The molecule has 0 heterocycles. The molecule has 0 saturated carbocycles. The van der Waals surface area contributed by atoms with Gasteiger partial charge in [-0.3, -0.25) is 25.2 Å². The second-order valence-electron chi connectivity index (χ2n) is 5.25. The SMILES string of the molecule is O=C(COc1ccccc1Cl)NNC(=O)[C@@H]1CC=CC[C@@H]1C(=O)O. The van der Waals surface area contributed by atoms with Gasteiger partial charge >= 0.3 is 5.97 Å². The number of hydrogen-bond donors (Lipinski definition) is 3. The standard InChI is InChI=1S/C16H17ClN2O5/c17-12-7-3-4-8-13(12)24-9-14(20)18-19-15(21)10-5-1-2-6-11(10)16(22)23/h1-4,7-8,10-11H,5-6,9H2,(H,18,20)(H,19,21)(H,22,23)/t10-,11+/m1/s1. The molecule has 2 amide bonds. The molecule has 1 aromatic rings. The highest BCUT2D eigenvalue weighted by molar-refractivity contribution is 6.32. The van der Waals surface area contributed by atoms with Crippen LogP contribution in [0.3, 0.4) is 0 Å². The number of benzene rings is 1. The number of allylic oxidation sites excluding steroid dienone is 2. The minimum absolute atomic E-state index is 0.289. The van der Waals surface area contributed by atoms with Crippen molar-refractivity contribution in [2.45, 2.75) is 12.8 Å². The molecule has 1 aliphatic rings. The zero-order valence-electron chi connectivity index (χ0n) is 12.7. The van der Waals surface area contributed by atoms with Crippen LogP contribution in [0.25, 0.3) is 0 Å². The van der Waals surface area contributed by atoms with E-state index < -0.39 is 29.6 Å². The van der Waals surface area contributed by atoms with Gasteiger partial charge in [-0.2, -0.15) is 0 Å². The molecule has 0 unspecified atom stereocenters. The number of hydrogen-bond acceptors (Lipinski definition) is 4. The van der Waals surface area contributed by atoms with Crippen molar-refractivity contribution in [1.82, 2.24) is 10.9 Å². The molecular weight excluding hydrogens is 336 g/mol. The molecule has 0 aliphatic heterocycles. The molecule has 3 N–H and O–H groups in total. The minimum atomic E-state index is -1.03. The monoisotopic (exact) mass is 352 g/mol. The van der Waals surface area contributed by atoms with Crippen LogP contribution in [0, 0.1) is 11.8 Å². The number of carbonyl (C=O) groups is 3. The van der Waals surface area contributed by atoms with E-state index >= 15 is 0 Å². The molecule has 8 heteroatoms. The highest BCUT2D eigenvalue weighted by Gasteiger charge is 2.34. The third kappa shape index (κ3) is 4.73. The lowest BCUT2D eigenvalue weighted by molar-refractivity contribution is -0.147. The molecule has 0 aromatic heterocycles. The van der Waals surface area contributed by atoms with Gasteiger partial charge in [0, 0.05) is 0 Å². The van der Waals surface area contributed by atoms with E-state index in [2.05, 4.69) is 10.9 Å². The van der Waals surface area contributed by atoms with Crippen LogP contribution in [0.5, 0.6) is 5.75 Å². The van der Waals surface area contributed by atoms with E-state index in [-0.39, 0.29) is 13.0 Å². The van der Waals surface area contributed by atoms with E-state index in [9.17, 15) is 14.4 Å². The predicted octanol–water partition coefficient (Wildman–Crippen LogP) is 1.53. The first-order valence-corrected chi connectivity index (χ1v) is 7.70. The van der Waals surface area contributed by atoms with Gasteiger partial charge in [0.2, 0.25) is 5.91 Å². The van der Waals surface area contributed by atoms with Crippen LogP contribution in [-0.4, -0.2) is 29.5 Å². The van der Waals surface area contributed by atoms with E-state index in [0.717, 1.165) is 0 Å². The van der Waals surface area contributed by atoms with Crippen LogP contribution >= 0.6 is 11.6 Å². The number of nitrogens with one attached hydrogen (secondary N) is 2. The fourth-order valence-electron chi connectivity index (χ4n) is 2.34. The molecule has 1 aliphatic carbocycles. The van der Waals surface area contributed by atoms with Crippen LogP contribution in [0.2, 0.25) is 5.02 Å². The number of carbonyl (C=O) groups excluding carboxylic acids is 2. The van der Waals surface area contributed by atoms with Gasteiger partial charge < -0.3 is 9.84 Å². The van der Waals surface area contributed by atoms with Crippen molar-refractivity contribution in [3.8, 4) is 5.75 Å². The zero-order valence-corrected chi connectivity index (χ0v) is 13.5. The number of para-hydroxylation sites is 1. The lowest BCUT2D eigenvalue weighted by atomic mass is 9.82. The summed E-state index contributed by atoms with van der Waals surface area (Å²) in [5, 5.41) is 9.51. The van der Waals surface area contributed by atoms with E-state index in [0.29, 0.717) is 17.2 Å². The van der Waals surface area contributed by atoms with Crippen LogP contribution < -0.4 is 15.6 Å². The molecule has 0 fully saturated rings. The van der Waals surface area contributed by atoms with Gasteiger partial charge in [-0.15, -0.1) is 0 Å². The Labute approximate surface area is 143 Å². The van der Waals surface area contributed by atoms with Gasteiger partial charge in [-0.25, -0.2) is 0 Å². The van der Waals surface area contributed by atoms with Gasteiger partial charge in [0.25, 0.3) is 5.91 Å². The lowest BCUT2D eigenvalue weighted by Crippen LogP contribution is -2.48. The molecule has 7 nitrogen and oxygen atoms in total. The third-order valence-corrected chi connectivity index (χ3v) is 3.92. The highest BCUT2D eigenvalue weighted by Crippen LogP contribution is 2.26. The Morgan fingerprint density at radius 3 is 2.46 bits per heavy atom. The number of amides is 2. The first kappa shape index (κ1) is 17.8. The number of aliphatic carboxylic acids is 1. The molecule has 128 valence electrons. The second-order valence-corrected chi connectivity index (χ2v) is 5.66. The third-order valence-electron chi connectivity index (χ3n) is 3.61. The average Bonchev–Trinajstić information content (AvgIpc) is 2.59. The number of carboxylic acids is 1. The van der Waals surface area contributed by atoms with Crippen LogP contribution in [0.1, 0.15) is 12.8 Å². The highest BCUT2D eigenvalue weighted by atomic mass is 35.5. The minimum Gasteiger partial charge on any atom is -0.482 e. The van der Waals surface area contributed by atoms with E-state index in [1.54, 1.807) is 36.4 Å². The Kier molecular flexibility index (Phi) is 6.20. The number of ether oxygens (including phenoxy) is 1. The lowest BCUT2D eigenvalue weighted by Gasteiger charge is -2.24. The first-order valence-electron chi connectivity index (χ1n) is 7.33. The molecule has 0 radical (unpaired) electrons. The Balaban J connectivity index is 1.80. The van der Waals surface area contributed by atoms with Crippen molar-refractivity contribution >= 4 is 29.4 Å². The largest absolute Gasteiger partial charge is 0.482 e. The van der Waals surface area contributed by atoms with Crippen molar-refractivity contribution < 1.29 is 24.2 Å². The molecule has 0 saturated heterocycles. The Morgan fingerprint density at radius 1 is 1.12 bits per heavy atom. The van der Waals surface area contributed by atoms with Gasteiger partial charge in [-0.05, 0) is 25.0 Å². The summed E-state index contributed by atoms with van der Waals surface area (Å²) in [6.07, 6.45) is 4.09. The number of rotatable bonds is 5. The normalized spacial score (nSPS) is 19.4. The zero-order chi connectivity index (χ0) is 17.5. The van der Waals surface area contributed by atoms with Gasteiger partial charge in [-0.1, -0.05) is 35.9 Å². The quantitative estimate of drug-likeness (QED) is 0.550. The number of carboxylic acid groups (broad SMARTS) is 1.